The van der Waals surface area contributed by atoms with Crippen molar-refractivity contribution in [2.24, 2.45) is 5.92 Å². The summed E-state index contributed by atoms with van der Waals surface area (Å²) in [6, 6.07) is 1.94. The molecular formula is C14H18BrF3N2O. The molecular weight excluding hydrogens is 349 g/mol. The monoisotopic (exact) mass is 366 g/mol. The molecule has 1 heterocycles. The average Bonchev–Trinajstić information content (AvgIpc) is 2.45. The lowest BCUT2D eigenvalue weighted by Crippen LogP contribution is -2.33. The van der Waals surface area contributed by atoms with E-state index in [1.165, 1.54) is 0 Å². The van der Waals surface area contributed by atoms with Crippen LogP contribution in [0.4, 0.5) is 13.2 Å². The molecule has 0 aliphatic heterocycles. The standard InChI is InChI=1S/C14H18BrF3N2O/c1-3-9(4-2)11(15)8-20-13(21)12-6-5-10(7-19-12)14(16,17)18/h5-7,9,11H,3-4,8H2,1-2H3,(H,20,21). The number of nitrogens with zero attached hydrogens (tertiary/aromatic N) is 1. The smallest absolute Gasteiger partial charge is 0.350 e. The maximum atomic E-state index is 12.4. The molecule has 0 aliphatic rings. The molecule has 0 fully saturated rings. The first kappa shape index (κ1) is 17.9. The SMILES string of the molecule is CCC(CC)C(Br)CNC(=O)c1ccc(C(F)(F)F)cn1. The number of alkyl halides is 4. The van der Waals surface area contributed by atoms with Gasteiger partial charge in [-0.05, 0) is 18.1 Å². The summed E-state index contributed by atoms with van der Waals surface area (Å²) in [6.07, 6.45) is -1.80. The summed E-state index contributed by atoms with van der Waals surface area (Å²) in [7, 11) is 0. The highest BCUT2D eigenvalue weighted by molar-refractivity contribution is 9.09. The van der Waals surface area contributed by atoms with E-state index in [2.05, 4.69) is 40.1 Å². The Kier molecular flexibility index (Phi) is 6.64. The molecule has 0 saturated heterocycles. The van der Waals surface area contributed by atoms with Crippen molar-refractivity contribution in [1.82, 2.24) is 10.3 Å². The molecule has 0 aliphatic carbocycles. The lowest BCUT2D eigenvalue weighted by molar-refractivity contribution is -0.137. The number of halogens is 4. The van der Waals surface area contributed by atoms with Gasteiger partial charge in [-0.25, -0.2) is 0 Å². The Morgan fingerprint density at radius 1 is 1.33 bits per heavy atom. The Morgan fingerprint density at radius 2 is 1.95 bits per heavy atom. The largest absolute Gasteiger partial charge is 0.417 e. The summed E-state index contributed by atoms with van der Waals surface area (Å²) in [5, 5.41) is 2.68. The van der Waals surface area contributed by atoms with Crippen LogP contribution in [-0.2, 0) is 6.18 Å². The maximum absolute atomic E-state index is 12.4. The highest BCUT2D eigenvalue weighted by Gasteiger charge is 2.31. The van der Waals surface area contributed by atoms with Crippen LogP contribution in [0.3, 0.4) is 0 Å². The fourth-order valence-electron chi connectivity index (χ4n) is 1.94. The molecule has 1 aromatic heterocycles. The number of carbonyl (C=O) groups excluding carboxylic acids is 1. The van der Waals surface area contributed by atoms with E-state index >= 15 is 0 Å². The predicted octanol–water partition coefficient (Wildman–Crippen LogP) is 4.03. The first-order valence-corrected chi connectivity index (χ1v) is 7.66. The van der Waals surface area contributed by atoms with Gasteiger partial charge in [0.15, 0.2) is 0 Å². The zero-order valence-corrected chi connectivity index (χ0v) is 13.5. The zero-order valence-electron chi connectivity index (χ0n) is 11.9. The third kappa shape index (κ3) is 5.30. The van der Waals surface area contributed by atoms with E-state index in [0.29, 0.717) is 18.7 Å². The summed E-state index contributed by atoms with van der Waals surface area (Å²) >= 11 is 3.52. The van der Waals surface area contributed by atoms with E-state index in [4.69, 9.17) is 0 Å². The van der Waals surface area contributed by atoms with Crippen LogP contribution >= 0.6 is 15.9 Å². The zero-order chi connectivity index (χ0) is 16.0. The predicted molar refractivity (Wildman–Crippen MR) is 78.4 cm³/mol. The van der Waals surface area contributed by atoms with Gasteiger partial charge < -0.3 is 5.32 Å². The summed E-state index contributed by atoms with van der Waals surface area (Å²) in [6.45, 7) is 4.55. The third-order valence-corrected chi connectivity index (χ3v) is 4.41. The van der Waals surface area contributed by atoms with Crippen LogP contribution in [0.15, 0.2) is 18.3 Å². The number of rotatable bonds is 6. The highest BCUT2D eigenvalue weighted by Crippen LogP contribution is 2.28. The van der Waals surface area contributed by atoms with Crippen molar-refractivity contribution < 1.29 is 18.0 Å². The molecule has 1 N–H and O–H groups in total. The minimum absolute atomic E-state index is 0.0211. The topological polar surface area (TPSA) is 42.0 Å². The fourth-order valence-corrected chi connectivity index (χ4v) is 2.85. The Balaban J connectivity index is 2.60. The highest BCUT2D eigenvalue weighted by atomic mass is 79.9. The third-order valence-electron chi connectivity index (χ3n) is 3.34. The molecule has 7 heteroatoms. The summed E-state index contributed by atoms with van der Waals surface area (Å²) in [4.78, 5) is 15.5. The second-order valence-corrected chi connectivity index (χ2v) is 5.91. The average molecular weight is 367 g/mol. The quantitative estimate of drug-likeness (QED) is 0.772. The van der Waals surface area contributed by atoms with Crippen molar-refractivity contribution in [1.29, 1.82) is 0 Å². The van der Waals surface area contributed by atoms with Gasteiger partial charge in [0.1, 0.15) is 5.69 Å². The van der Waals surface area contributed by atoms with Crippen LogP contribution in [0.1, 0.15) is 42.7 Å². The number of carbonyl (C=O) groups is 1. The van der Waals surface area contributed by atoms with Gasteiger partial charge in [0.25, 0.3) is 5.91 Å². The Labute approximate surface area is 130 Å². The number of nitrogens with one attached hydrogen (secondary N) is 1. The van der Waals surface area contributed by atoms with Crippen LogP contribution in [0.2, 0.25) is 0 Å². The van der Waals surface area contributed by atoms with E-state index in [1.807, 2.05) is 0 Å². The number of pyridine rings is 1. The van der Waals surface area contributed by atoms with Gasteiger partial charge in [-0.3, -0.25) is 9.78 Å². The number of aromatic nitrogens is 1. The van der Waals surface area contributed by atoms with Crippen LogP contribution in [0.5, 0.6) is 0 Å². The Bertz CT molecular complexity index is 458. The molecule has 0 saturated carbocycles. The van der Waals surface area contributed by atoms with Gasteiger partial charge >= 0.3 is 6.18 Å². The van der Waals surface area contributed by atoms with Crippen LogP contribution < -0.4 is 5.32 Å². The fraction of sp³-hybridized carbons (Fsp3) is 0.571. The molecule has 1 amide bonds. The molecule has 0 bridgehead atoms. The summed E-state index contributed by atoms with van der Waals surface area (Å²) in [5.74, 6) is -0.0370. The lowest BCUT2D eigenvalue weighted by Gasteiger charge is -2.19. The molecule has 118 valence electrons. The number of amides is 1. The Hall–Kier alpha value is -1.11. The minimum Gasteiger partial charge on any atom is -0.350 e. The van der Waals surface area contributed by atoms with E-state index in [0.717, 1.165) is 25.0 Å². The number of hydrogen-bond acceptors (Lipinski definition) is 2. The van der Waals surface area contributed by atoms with Crippen molar-refractivity contribution in [2.75, 3.05) is 6.54 Å². The molecule has 21 heavy (non-hydrogen) atoms. The van der Waals surface area contributed by atoms with Gasteiger partial charge in [0.2, 0.25) is 0 Å². The maximum Gasteiger partial charge on any atom is 0.417 e. The first-order chi connectivity index (χ1) is 9.79. The van der Waals surface area contributed by atoms with Crippen LogP contribution in [-0.4, -0.2) is 22.3 Å². The van der Waals surface area contributed by atoms with Crippen molar-refractivity contribution >= 4 is 21.8 Å². The molecule has 1 atom stereocenters. The van der Waals surface area contributed by atoms with Crippen molar-refractivity contribution in [3.8, 4) is 0 Å². The lowest BCUT2D eigenvalue weighted by atomic mass is 9.99. The molecule has 0 radical (unpaired) electrons. The van der Waals surface area contributed by atoms with Gasteiger partial charge in [0.05, 0.1) is 5.56 Å². The Morgan fingerprint density at radius 3 is 2.38 bits per heavy atom. The van der Waals surface area contributed by atoms with E-state index in [9.17, 15) is 18.0 Å². The summed E-state index contributed by atoms with van der Waals surface area (Å²) < 4.78 is 37.2. The molecule has 1 aromatic rings. The van der Waals surface area contributed by atoms with E-state index < -0.39 is 17.6 Å². The second-order valence-electron chi connectivity index (χ2n) is 4.73. The molecule has 0 aromatic carbocycles. The molecule has 3 nitrogen and oxygen atoms in total. The minimum atomic E-state index is -4.45. The van der Waals surface area contributed by atoms with E-state index in [1.54, 1.807) is 0 Å². The van der Waals surface area contributed by atoms with Crippen molar-refractivity contribution in [3.05, 3.63) is 29.6 Å². The van der Waals surface area contributed by atoms with Crippen LogP contribution in [0.25, 0.3) is 0 Å². The van der Waals surface area contributed by atoms with Gasteiger partial charge in [0, 0.05) is 17.6 Å². The second kappa shape index (κ2) is 7.77. The van der Waals surface area contributed by atoms with Crippen molar-refractivity contribution in [3.63, 3.8) is 0 Å². The van der Waals surface area contributed by atoms with Gasteiger partial charge in [-0.1, -0.05) is 42.6 Å². The van der Waals surface area contributed by atoms with Crippen LogP contribution in [0, 0.1) is 5.92 Å². The summed E-state index contributed by atoms with van der Waals surface area (Å²) in [5.41, 5.74) is -0.887. The molecule has 1 rings (SSSR count). The normalized spacial score (nSPS) is 13.3. The first-order valence-electron chi connectivity index (χ1n) is 6.75. The number of hydrogen-bond donors (Lipinski definition) is 1. The van der Waals surface area contributed by atoms with Crippen molar-refractivity contribution in [2.45, 2.75) is 37.7 Å². The van der Waals surface area contributed by atoms with Gasteiger partial charge in [-0.15, -0.1) is 0 Å². The van der Waals surface area contributed by atoms with Gasteiger partial charge in [-0.2, -0.15) is 13.2 Å². The van der Waals surface area contributed by atoms with E-state index in [-0.39, 0.29) is 10.5 Å². The molecule has 1 unspecified atom stereocenters. The molecule has 0 spiro atoms.